The molecule has 1 aromatic heterocycles. The number of hydrogen-bond acceptors (Lipinski definition) is 4. The summed E-state index contributed by atoms with van der Waals surface area (Å²) < 4.78 is 7.34. The van der Waals surface area contributed by atoms with Crippen molar-refractivity contribution in [2.24, 2.45) is 7.05 Å². The van der Waals surface area contributed by atoms with Crippen molar-refractivity contribution in [2.75, 3.05) is 6.61 Å². The minimum Gasteiger partial charge on any atom is -0.494 e. The molecule has 0 fully saturated rings. The van der Waals surface area contributed by atoms with Crippen LogP contribution in [0.4, 0.5) is 0 Å². The van der Waals surface area contributed by atoms with E-state index in [1.165, 1.54) is 5.56 Å². The monoisotopic (exact) mass is 274 g/mol. The molecular weight excluding hydrogens is 252 g/mol. The van der Waals surface area contributed by atoms with Gasteiger partial charge in [-0.3, -0.25) is 4.68 Å². The minimum absolute atomic E-state index is 0.676. The van der Waals surface area contributed by atoms with E-state index in [9.17, 15) is 0 Å². The first-order valence-electron chi connectivity index (χ1n) is 7.05. The number of ether oxygens (including phenoxy) is 1. The molecule has 0 spiro atoms. The van der Waals surface area contributed by atoms with Gasteiger partial charge >= 0.3 is 0 Å². The fourth-order valence-corrected chi connectivity index (χ4v) is 1.82. The normalized spacial score (nSPS) is 10.7. The molecule has 5 heteroatoms. The molecule has 2 rings (SSSR count). The Hall–Kier alpha value is -1.88. The van der Waals surface area contributed by atoms with Crippen LogP contribution in [0.25, 0.3) is 0 Å². The molecule has 0 aliphatic carbocycles. The highest BCUT2D eigenvalue weighted by atomic mass is 16.5. The van der Waals surface area contributed by atoms with Crippen molar-refractivity contribution in [2.45, 2.75) is 32.9 Å². The average Bonchev–Trinajstić information content (AvgIpc) is 2.87. The second-order valence-corrected chi connectivity index (χ2v) is 4.78. The predicted octanol–water partition coefficient (Wildman–Crippen LogP) is 2.28. The molecule has 1 heterocycles. The van der Waals surface area contributed by atoms with Gasteiger partial charge in [0.2, 0.25) is 0 Å². The van der Waals surface area contributed by atoms with Gasteiger partial charge in [-0.2, -0.15) is 5.10 Å². The Morgan fingerprint density at radius 3 is 2.65 bits per heavy atom. The first kappa shape index (κ1) is 14.5. The van der Waals surface area contributed by atoms with Gasteiger partial charge in [0.25, 0.3) is 0 Å². The van der Waals surface area contributed by atoms with Crippen molar-refractivity contribution in [3.63, 3.8) is 0 Å². The molecule has 1 N–H and O–H groups in total. The number of benzene rings is 1. The van der Waals surface area contributed by atoms with E-state index in [2.05, 4.69) is 34.5 Å². The van der Waals surface area contributed by atoms with Crippen molar-refractivity contribution < 1.29 is 4.74 Å². The van der Waals surface area contributed by atoms with Crippen LogP contribution in [0.2, 0.25) is 0 Å². The lowest BCUT2D eigenvalue weighted by atomic mass is 10.2. The Balaban J connectivity index is 1.73. The smallest absolute Gasteiger partial charge is 0.164 e. The van der Waals surface area contributed by atoms with Crippen molar-refractivity contribution in [1.82, 2.24) is 20.1 Å². The molecule has 0 saturated carbocycles. The van der Waals surface area contributed by atoms with E-state index in [-0.39, 0.29) is 0 Å². The third kappa shape index (κ3) is 4.66. The van der Waals surface area contributed by atoms with E-state index >= 15 is 0 Å². The van der Waals surface area contributed by atoms with E-state index in [1.54, 1.807) is 11.0 Å². The highest BCUT2D eigenvalue weighted by molar-refractivity contribution is 5.27. The zero-order valence-electron chi connectivity index (χ0n) is 12.2. The number of aromatic nitrogens is 3. The number of nitrogens with zero attached hydrogens (tertiary/aromatic N) is 3. The molecule has 0 aliphatic heterocycles. The largest absolute Gasteiger partial charge is 0.494 e. The van der Waals surface area contributed by atoms with Gasteiger partial charge in [-0.05, 0) is 24.1 Å². The summed E-state index contributed by atoms with van der Waals surface area (Å²) in [5.41, 5.74) is 1.23. The van der Waals surface area contributed by atoms with Crippen molar-refractivity contribution in [1.29, 1.82) is 0 Å². The van der Waals surface area contributed by atoms with Crippen LogP contribution in [0.15, 0.2) is 30.6 Å². The van der Waals surface area contributed by atoms with Gasteiger partial charge in [-0.25, -0.2) is 4.98 Å². The van der Waals surface area contributed by atoms with Crippen LogP contribution in [-0.2, 0) is 20.1 Å². The van der Waals surface area contributed by atoms with E-state index in [4.69, 9.17) is 4.74 Å². The maximum Gasteiger partial charge on any atom is 0.164 e. The summed E-state index contributed by atoms with van der Waals surface area (Å²) in [6.07, 6.45) is 3.96. The second-order valence-electron chi connectivity index (χ2n) is 4.78. The van der Waals surface area contributed by atoms with E-state index < -0.39 is 0 Å². The molecule has 0 amide bonds. The Morgan fingerprint density at radius 2 is 2.00 bits per heavy atom. The molecule has 0 atom stereocenters. The van der Waals surface area contributed by atoms with Gasteiger partial charge in [-0.1, -0.05) is 25.5 Å². The highest BCUT2D eigenvalue weighted by Gasteiger charge is 1.99. The van der Waals surface area contributed by atoms with Gasteiger partial charge in [0.05, 0.1) is 13.2 Å². The number of aryl methyl sites for hydroxylation is 1. The van der Waals surface area contributed by atoms with Gasteiger partial charge in [0, 0.05) is 13.6 Å². The van der Waals surface area contributed by atoms with Gasteiger partial charge in [0.15, 0.2) is 5.82 Å². The second kappa shape index (κ2) is 7.65. The summed E-state index contributed by atoms with van der Waals surface area (Å²) in [6.45, 7) is 4.43. The fourth-order valence-electron chi connectivity index (χ4n) is 1.82. The first-order valence-corrected chi connectivity index (χ1v) is 7.05. The first-order chi connectivity index (χ1) is 9.78. The number of hydrogen-bond donors (Lipinski definition) is 1. The summed E-state index contributed by atoms with van der Waals surface area (Å²) in [6, 6.07) is 8.21. The molecular formula is C15H22N4O. The number of nitrogens with one attached hydrogen (secondary N) is 1. The summed E-state index contributed by atoms with van der Waals surface area (Å²) in [7, 11) is 1.87. The van der Waals surface area contributed by atoms with E-state index in [0.29, 0.717) is 6.54 Å². The van der Waals surface area contributed by atoms with Crippen LogP contribution in [0.3, 0.4) is 0 Å². The standard InChI is InChI=1S/C15H22N4O/c1-3-4-9-20-14-7-5-13(6-8-14)10-16-11-15-17-12-19(2)18-15/h5-8,12,16H,3-4,9-11H2,1-2H3. The van der Waals surface area contributed by atoms with Crippen LogP contribution in [0.1, 0.15) is 31.2 Å². The fraction of sp³-hybridized carbons (Fsp3) is 0.467. The maximum atomic E-state index is 5.63. The summed E-state index contributed by atoms with van der Waals surface area (Å²) in [5, 5.41) is 7.54. The molecule has 0 aliphatic rings. The van der Waals surface area contributed by atoms with Gasteiger partial charge < -0.3 is 10.1 Å². The lowest BCUT2D eigenvalue weighted by molar-refractivity contribution is 0.309. The Labute approximate surface area is 120 Å². The Bertz CT molecular complexity index is 507. The molecule has 0 unspecified atom stereocenters. The van der Waals surface area contributed by atoms with Crippen molar-refractivity contribution >= 4 is 0 Å². The maximum absolute atomic E-state index is 5.63. The zero-order chi connectivity index (χ0) is 14.2. The third-order valence-electron chi connectivity index (χ3n) is 2.95. The van der Waals surface area contributed by atoms with Crippen LogP contribution < -0.4 is 10.1 Å². The number of rotatable bonds is 8. The summed E-state index contributed by atoms with van der Waals surface area (Å²) in [5.74, 6) is 1.75. The van der Waals surface area contributed by atoms with E-state index in [0.717, 1.165) is 37.6 Å². The average molecular weight is 274 g/mol. The SMILES string of the molecule is CCCCOc1ccc(CNCc2ncn(C)n2)cc1. The minimum atomic E-state index is 0.676. The summed E-state index contributed by atoms with van der Waals surface area (Å²) in [4.78, 5) is 4.17. The number of unbranched alkanes of at least 4 members (excludes halogenated alkanes) is 1. The molecule has 5 nitrogen and oxygen atoms in total. The Morgan fingerprint density at radius 1 is 1.20 bits per heavy atom. The molecule has 0 saturated heterocycles. The summed E-state index contributed by atoms with van der Waals surface area (Å²) >= 11 is 0. The molecule has 0 bridgehead atoms. The Kier molecular flexibility index (Phi) is 5.55. The van der Waals surface area contributed by atoms with Crippen molar-refractivity contribution in [3.05, 3.63) is 42.0 Å². The zero-order valence-corrected chi connectivity index (χ0v) is 12.2. The molecule has 108 valence electrons. The van der Waals surface area contributed by atoms with E-state index in [1.807, 2.05) is 19.2 Å². The van der Waals surface area contributed by atoms with Crippen LogP contribution in [0, 0.1) is 0 Å². The lowest BCUT2D eigenvalue weighted by Gasteiger charge is -2.07. The third-order valence-corrected chi connectivity index (χ3v) is 2.95. The van der Waals surface area contributed by atoms with Crippen LogP contribution in [-0.4, -0.2) is 21.4 Å². The van der Waals surface area contributed by atoms with Gasteiger partial charge in [-0.15, -0.1) is 0 Å². The molecule has 20 heavy (non-hydrogen) atoms. The molecule has 1 aromatic carbocycles. The lowest BCUT2D eigenvalue weighted by Crippen LogP contribution is -2.14. The highest BCUT2D eigenvalue weighted by Crippen LogP contribution is 2.12. The van der Waals surface area contributed by atoms with Crippen LogP contribution in [0.5, 0.6) is 5.75 Å². The molecule has 2 aromatic rings. The quantitative estimate of drug-likeness (QED) is 0.750. The van der Waals surface area contributed by atoms with Crippen molar-refractivity contribution in [3.8, 4) is 5.75 Å². The molecule has 0 radical (unpaired) electrons. The predicted molar refractivity (Wildman–Crippen MR) is 78.4 cm³/mol. The van der Waals surface area contributed by atoms with Crippen LogP contribution >= 0.6 is 0 Å². The van der Waals surface area contributed by atoms with Gasteiger partial charge in [0.1, 0.15) is 12.1 Å². The topological polar surface area (TPSA) is 52.0 Å².